The molecule has 1 atom stereocenters. The van der Waals surface area contributed by atoms with Crippen LogP contribution in [0.2, 0.25) is 0 Å². The van der Waals surface area contributed by atoms with E-state index in [1.165, 1.54) is 12.0 Å². The van der Waals surface area contributed by atoms with Gasteiger partial charge in [0.1, 0.15) is 18.3 Å². The Hall–Kier alpha value is -3.07. The molecule has 0 aliphatic heterocycles. The molecule has 0 aliphatic carbocycles. The summed E-state index contributed by atoms with van der Waals surface area (Å²) in [6, 6.07) is 15.1. The minimum atomic E-state index is -3.82. The third-order valence-electron chi connectivity index (χ3n) is 5.05. The van der Waals surface area contributed by atoms with Gasteiger partial charge in [0.25, 0.3) is 0 Å². The Morgan fingerprint density at radius 2 is 1.64 bits per heavy atom. The fraction of sp³-hybridized carbons (Fsp3) is 0.417. The van der Waals surface area contributed by atoms with Crippen LogP contribution < -0.4 is 14.4 Å². The number of ether oxygens (including phenoxy) is 1. The maximum atomic E-state index is 13.6. The first-order valence-corrected chi connectivity index (χ1v) is 12.7. The minimum absolute atomic E-state index is 0.0960. The molecule has 2 aromatic rings. The number of sulfonamides is 1. The van der Waals surface area contributed by atoms with Crippen LogP contribution in [0.15, 0.2) is 54.6 Å². The van der Waals surface area contributed by atoms with Gasteiger partial charge in [-0.3, -0.25) is 13.9 Å². The molecule has 0 fully saturated rings. The average molecular weight is 476 g/mol. The van der Waals surface area contributed by atoms with E-state index in [9.17, 15) is 18.0 Å². The van der Waals surface area contributed by atoms with E-state index in [1.54, 1.807) is 24.3 Å². The number of benzene rings is 2. The van der Waals surface area contributed by atoms with E-state index < -0.39 is 28.5 Å². The summed E-state index contributed by atoms with van der Waals surface area (Å²) in [4.78, 5) is 27.9. The molecule has 33 heavy (non-hydrogen) atoms. The molecule has 0 saturated carbocycles. The van der Waals surface area contributed by atoms with Crippen LogP contribution in [0.4, 0.5) is 5.69 Å². The van der Waals surface area contributed by atoms with Gasteiger partial charge in [-0.2, -0.15) is 0 Å². The number of methoxy groups -OCH3 is 1. The zero-order valence-corrected chi connectivity index (χ0v) is 20.6. The van der Waals surface area contributed by atoms with Gasteiger partial charge in [0.05, 0.1) is 19.1 Å². The van der Waals surface area contributed by atoms with Crippen molar-refractivity contribution in [2.24, 2.45) is 0 Å². The van der Waals surface area contributed by atoms with E-state index in [1.807, 2.05) is 51.1 Å². The largest absolute Gasteiger partial charge is 0.495 e. The van der Waals surface area contributed by atoms with Crippen LogP contribution in [0.1, 0.15) is 32.8 Å². The highest BCUT2D eigenvalue weighted by Gasteiger charge is 2.32. The Kier molecular flexibility index (Phi) is 9.28. The highest BCUT2D eigenvalue weighted by molar-refractivity contribution is 7.92. The van der Waals surface area contributed by atoms with E-state index in [0.29, 0.717) is 12.2 Å². The third kappa shape index (κ3) is 7.21. The van der Waals surface area contributed by atoms with Crippen molar-refractivity contribution in [2.45, 2.75) is 45.8 Å². The molecule has 0 unspecified atom stereocenters. The summed E-state index contributed by atoms with van der Waals surface area (Å²) >= 11 is 0. The van der Waals surface area contributed by atoms with Crippen LogP contribution >= 0.6 is 0 Å². The minimum Gasteiger partial charge on any atom is -0.495 e. The fourth-order valence-corrected chi connectivity index (χ4v) is 4.36. The molecule has 0 radical (unpaired) electrons. The van der Waals surface area contributed by atoms with Crippen LogP contribution in [0.25, 0.3) is 0 Å². The smallest absolute Gasteiger partial charge is 0.244 e. The third-order valence-corrected chi connectivity index (χ3v) is 6.17. The topological polar surface area (TPSA) is 96.0 Å². The van der Waals surface area contributed by atoms with Crippen molar-refractivity contribution in [2.75, 3.05) is 24.2 Å². The van der Waals surface area contributed by atoms with Crippen LogP contribution in [0.5, 0.6) is 5.75 Å². The first kappa shape index (κ1) is 26.2. The molecule has 0 aliphatic rings. The van der Waals surface area contributed by atoms with Gasteiger partial charge in [0.2, 0.25) is 21.8 Å². The van der Waals surface area contributed by atoms with Crippen molar-refractivity contribution in [1.29, 1.82) is 0 Å². The maximum Gasteiger partial charge on any atom is 0.244 e. The van der Waals surface area contributed by atoms with E-state index in [2.05, 4.69) is 5.32 Å². The van der Waals surface area contributed by atoms with Gasteiger partial charge in [-0.25, -0.2) is 8.42 Å². The van der Waals surface area contributed by atoms with Crippen molar-refractivity contribution in [3.8, 4) is 5.75 Å². The van der Waals surface area contributed by atoms with Gasteiger partial charge in [-0.15, -0.1) is 0 Å². The second-order valence-corrected chi connectivity index (χ2v) is 9.94. The predicted molar refractivity (Wildman–Crippen MR) is 130 cm³/mol. The number of amides is 2. The fourth-order valence-electron chi connectivity index (χ4n) is 3.51. The summed E-state index contributed by atoms with van der Waals surface area (Å²) in [6.07, 6.45) is 1.42. The monoisotopic (exact) mass is 475 g/mol. The first-order valence-electron chi connectivity index (χ1n) is 10.8. The van der Waals surface area contributed by atoms with Crippen molar-refractivity contribution < 1.29 is 22.7 Å². The second kappa shape index (κ2) is 11.7. The van der Waals surface area contributed by atoms with Gasteiger partial charge < -0.3 is 15.0 Å². The van der Waals surface area contributed by atoms with Crippen LogP contribution in [0, 0.1) is 0 Å². The zero-order chi connectivity index (χ0) is 24.6. The van der Waals surface area contributed by atoms with Crippen molar-refractivity contribution in [3.63, 3.8) is 0 Å². The summed E-state index contributed by atoms with van der Waals surface area (Å²) in [5.74, 6) is -0.434. The molecule has 0 saturated heterocycles. The summed E-state index contributed by atoms with van der Waals surface area (Å²) in [6.45, 7) is 5.23. The highest BCUT2D eigenvalue weighted by Crippen LogP contribution is 2.29. The summed E-state index contributed by atoms with van der Waals surface area (Å²) in [5.41, 5.74) is 1.10. The zero-order valence-electron chi connectivity index (χ0n) is 19.8. The van der Waals surface area contributed by atoms with E-state index in [0.717, 1.165) is 16.1 Å². The molecule has 2 amide bonds. The molecule has 0 heterocycles. The van der Waals surface area contributed by atoms with Crippen molar-refractivity contribution in [1.82, 2.24) is 10.2 Å². The number of anilines is 1. The molecule has 1 N–H and O–H groups in total. The number of hydrogen-bond donors (Lipinski definition) is 1. The SMILES string of the molecule is CC[C@H](C(=O)NC(C)C)N(Cc1ccccc1)C(=O)CN(c1ccccc1OC)S(C)(=O)=O. The average Bonchev–Trinajstić information content (AvgIpc) is 2.76. The lowest BCUT2D eigenvalue weighted by Crippen LogP contribution is -2.53. The van der Waals surface area contributed by atoms with Crippen LogP contribution in [0.3, 0.4) is 0 Å². The lowest BCUT2D eigenvalue weighted by atomic mass is 10.1. The molecule has 0 aromatic heterocycles. The molecule has 2 rings (SSSR count). The van der Waals surface area contributed by atoms with Crippen LogP contribution in [-0.4, -0.2) is 57.1 Å². The van der Waals surface area contributed by atoms with Gasteiger partial charge in [-0.05, 0) is 38.0 Å². The predicted octanol–water partition coefficient (Wildman–Crippen LogP) is 2.79. The second-order valence-electron chi connectivity index (χ2n) is 8.04. The molecule has 180 valence electrons. The number of rotatable bonds is 11. The lowest BCUT2D eigenvalue weighted by molar-refractivity contribution is -0.140. The van der Waals surface area contributed by atoms with Gasteiger partial charge >= 0.3 is 0 Å². The molecule has 0 spiro atoms. The van der Waals surface area contributed by atoms with Crippen molar-refractivity contribution >= 4 is 27.5 Å². The Morgan fingerprint density at radius 1 is 1.03 bits per heavy atom. The van der Waals surface area contributed by atoms with E-state index in [-0.39, 0.29) is 24.2 Å². The molecule has 8 nitrogen and oxygen atoms in total. The van der Waals surface area contributed by atoms with Crippen molar-refractivity contribution in [3.05, 3.63) is 60.2 Å². The Morgan fingerprint density at radius 3 is 2.18 bits per heavy atom. The molecule has 9 heteroatoms. The van der Waals surface area contributed by atoms with Crippen LogP contribution in [-0.2, 0) is 26.2 Å². The summed E-state index contributed by atoms with van der Waals surface area (Å²) in [5, 5.41) is 2.86. The number of carbonyl (C=O) groups excluding carboxylic acids is 2. The summed E-state index contributed by atoms with van der Waals surface area (Å²) < 4.78 is 31.6. The molecule has 2 aromatic carbocycles. The standard InChI is InChI=1S/C24H33N3O5S/c1-6-20(24(29)25-18(2)3)26(16-19-12-8-7-9-13-19)23(28)17-27(33(5,30)31)21-14-10-11-15-22(21)32-4/h7-15,18,20H,6,16-17H2,1-5H3,(H,25,29)/t20-/m1/s1. The van der Waals surface area contributed by atoms with Gasteiger partial charge in [0.15, 0.2) is 0 Å². The number of carbonyl (C=O) groups is 2. The Labute approximate surface area is 196 Å². The molecular formula is C24H33N3O5S. The number of nitrogens with one attached hydrogen (secondary N) is 1. The first-order chi connectivity index (χ1) is 15.6. The Balaban J connectivity index is 2.45. The van der Waals surface area contributed by atoms with E-state index in [4.69, 9.17) is 4.74 Å². The highest BCUT2D eigenvalue weighted by atomic mass is 32.2. The quantitative estimate of drug-likeness (QED) is 0.539. The molecular weight excluding hydrogens is 442 g/mol. The Bertz CT molecular complexity index is 1040. The van der Waals surface area contributed by atoms with Gasteiger partial charge in [0, 0.05) is 12.6 Å². The molecule has 0 bridgehead atoms. The maximum absolute atomic E-state index is 13.6. The number of nitrogens with zero attached hydrogens (tertiary/aromatic N) is 2. The lowest BCUT2D eigenvalue weighted by Gasteiger charge is -2.33. The van der Waals surface area contributed by atoms with Gasteiger partial charge in [-0.1, -0.05) is 49.4 Å². The number of hydrogen-bond acceptors (Lipinski definition) is 5. The summed E-state index contributed by atoms with van der Waals surface area (Å²) in [7, 11) is -2.38. The van der Waals surface area contributed by atoms with E-state index >= 15 is 0 Å². The normalized spacial score (nSPS) is 12.2. The number of para-hydroxylation sites is 2.